The van der Waals surface area contributed by atoms with Gasteiger partial charge in [-0.15, -0.1) is 0 Å². The molecule has 0 saturated heterocycles. The van der Waals surface area contributed by atoms with Gasteiger partial charge in [-0.2, -0.15) is 0 Å². The fraction of sp³-hybridized carbons (Fsp3) is 0.333. The van der Waals surface area contributed by atoms with Crippen LogP contribution in [0, 0.1) is 0 Å². The van der Waals surface area contributed by atoms with Gasteiger partial charge in [-0.25, -0.2) is 0 Å². The van der Waals surface area contributed by atoms with Crippen LogP contribution in [0.2, 0.25) is 0 Å². The summed E-state index contributed by atoms with van der Waals surface area (Å²) < 4.78 is 6.20. The molecule has 2 heteroatoms. The van der Waals surface area contributed by atoms with Gasteiger partial charge in [-0.05, 0) is 32.1 Å². The van der Waals surface area contributed by atoms with Crippen molar-refractivity contribution in [2.75, 3.05) is 14.1 Å². The van der Waals surface area contributed by atoms with Crippen LogP contribution in [0.4, 0.5) is 0 Å². The van der Waals surface area contributed by atoms with E-state index in [9.17, 15) is 0 Å². The molecular weight excluding hydrogens is 246 g/mol. The second-order valence-electron chi connectivity index (χ2n) is 5.33. The molecule has 0 unspecified atom stereocenters. The van der Waals surface area contributed by atoms with Crippen molar-refractivity contribution >= 4 is 0 Å². The van der Waals surface area contributed by atoms with Crippen LogP contribution in [-0.4, -0.2) is 25.0 Å². The molecule has 0 heterocycles. The summed E-state index contributed by atoms with van der Waals surface area (Å²) in [4.78, 5) is 2.20. The van der Waals surface area contributed by atoms with Gasteiger partial charge in [0.1, 0.15) is 0 Å². The molecule has 0 N–H and O–H groups in total. The molecule has 106 valence electrons. The van der Waals surface area contributed by atoms with Gasteiger partial charge in [0.05, 0.1) is 12.7 Å². The minimum atomic E-state index is 0.0754. The molecule has 2 atom stereocenters. The smallest absolute Gasteiger partial charge is 0.0981 e. The maximum absolute atomic E-state index is 6.20. The van der Waals surface area contributed by atoms with Gasteiger partial charge in [0.2, 0.25) is 0 Å². The third-order valence-electron chi connectivity index (χ3n) is 3.65. The molecule has 0 aromatic heterocycles. The molecule has 0 radical (unpaired) electrons. The van der Waals surface area contributed by atoms with Crippen molar-refractivity contribution < 1.29 is 4.74 Å². The molecule has 0 aliphatic rings. The van der Waals surface area contributed by atoms with Gasteiger partial charge in [-0.1, -0.05) is 60.7 Å². The largest absolute Gasteiger partial charge is 0.367 e. The average Bonchev–Trinajstić information content (AvgIpc) is 2.49. The molecule has 0 aliphatic heterocycles. The lowest BCUT2D eigenvalue weighted by Crippen LogP contribution is -2.32. The Kier molecular flexibility index (Phi) is 5.33. The Balaban J connectivity index is 2.11. The number of likely N-dealkylation sites (N-methyl/N-ethyl adjacent to an activating group) is 1. The van der Waals surface area contributed by atoms with Crippen LogP contribution < -0.4 is 0 Å². The van der Waals surface area contributed by atoms with E-state index in [0.29, 0.717) is 12.6 Å². The highest BCUT2D eigenvalue weighted by Crippen LogP contribution is 2.25. The molecule has 0 aliphatic carbocycles. The standard InChI is InChI=1S/C18H23NO/c1-15(19(2)3)18(17-12-8-5-9-13-17)20-14-16-10-6-4-7-11-16/h4-13,15,18H,14H2,1-3H3/t15-,18+/m0/s1. The molecule has 0 fully saturated rings. The third kappa shape index (κ3) is 3.92. The van der Waals surface area contributed by atoms with Gasteiger partial charge in [0.15, 0.2) is 0 Å². The number of benzene rings is 2. The first-order chi connectivity index (χ1) is 9.68. The molecule has 0 amide bonds. The van der Waals surface area contributed by atoms with Crippen LogP contribution in [-0.2, 0) is 11.3 Å². The minimum Gasteiger partial charge on any atom is -0.367 e. The summed E-state index contributed by atoms with van der Waals surface area (Å²) >= 11 is 0. The molecule has 0 saturated carbocycles. The van der Waals surface area contributed by atoms with E-state index in [1.807, 2.05) is 24.3 Å². The Morgan fingerprint density at radius 3 is 2.00 bits per heavy atom. The van der Waals surface area contributed by atoms with Crippen molar-refractivity contribution in [1.29, 1.82) is 0 Å². The molecule has 2 rings (SSSR count). The zero-order chi connectivity index (χ0) is 14.4. The van der Waals surface area contributed by atoms with Crippen LogP contribution in [0.5, 0.6) is 0 Å². The van der Waals surface area contributed by atoms with Gasteiger partial charge in [-0.3, -0.25) is 0 Å². The number of ether oxygens (including phenoxy) is 1. The minimum absolute atomic E-state index is 0.0754. The van der Waals surface area contributed by atoms with Gasteiger partial charge in [0.25, 0.3) is 0 Å². The van der Waals surface area contributed by atoms with E-state index in [1.165, 1.54) is 11.1 Å². The van der Waals surface area contributed by atoms with E-state index in [2.05, 4.69) is 62.3 Å². The lowest BCUT2D eigenvalue weighted by molar-refractivity contribution is -0.00780. The zero-order valence-corrected chi connectivity index (χ0v) is 12.5. The summed E-state index contributed by atoms with van der Waals surface area (Å²) in [5, 5.41) is 0. The highest BCUT2D eigenvalue weighted by molar-refractivity contribution is 5.19. The maximum atomic E-state index is 6.20. The number of rotatable bonds is 6. The van der Waals surface area contributed by atoms with Crippen molar-refractivity contribution in [1.82, 2.24) is 4.90 Å². The summed E-state index contributed by atoms with van der Waals surface area (Å²) in [7, 11) is 4.18. The number of hydrogen-bond donors (Lipinski definition) is 0. The van der Waals surface area contributed by atoms with Crippen molar-refractivity contribution in [2.45, 2.75) is 25.7 Å². The first-order valence-corrected chi connectivity index (χ1v) is 7.05. The van der Waals surface area contributed by atoms with E-state index in [-0.39, 0.29) is 6.10 Å². The molecule has 0 spiro atoms. The predicted molar refractivity (Wildman–Crippen MR) is 83.6 cm³/mol. The lowest BCUT2D eigenvalue weighted by atomic mass is 10.0. The van der Waals surface area contributed by atoms with E-state index < -0.39 is 0 Å². The Hall–Kier alpha value is -1.64. The van der Waals surface area contributed by atoms with Crippen LogP contribution >= 0.6 is 0 Å². The van der Waals surface area contributed by atoms with Crippen LogP contribution in [0.3, 0.4) is 0 Å². The van der Waals surface area contributed by atoms with Crippen LogP contribution in [0.15, 0.2) is 60.7 Å². The Morgan fingerprint density at radius 2 is 1.45 bits per heavy atom. The Morgan fingerprint density at radius 1 is 0.900 bits per heavy atom. The van der Waals surface area contributed by atoms with Gasteiger partial charge < -0.3 is 9.64 Å². The highest BCUT2D eigenvalue weighted by Gasteiger charge is 2.21. The average molecular weight is 269 g/mol. The molecule has 0 bridgehead atoms. The molecular formula is C18H23NO. The van der Waals surface area contributed by atoms with Crippen molar-refractivity contribution in [3.8, 4) is 0 Å². The SMILES string of the molecule is C[C@@H]([C@@H](OCc1ccccc1)c1ccccc1)N(C)C. The van der Waals surface area contributed by atoms with E-state index in [0.717, 1.165) is 0 Å². The number of nitrogens with zero attached hydrogens (tertiary/aromatic N) is 1. The van der Waals surface area contributed by atoms with E-state index in [1.54, 1.807) is 0 Å². The summed E-state index contributed by atoms with van der Waals surface area (Å²) in [6, 6.07) is 21.1. The molecule has 20 heavy (non-hydrogen) atoms. The summed E-state index contributed by atoms with van der Waals surface area (Å²) in [5.41, 5.74) is 2.43. The van der Waals surface area contributed by atoms with Crippen molar-refractivity contribution in [3.05, 3.63) is 71.8 Å². The zero-order valence-electron chi connectivity index (χ0n) is 12.5. The van der Waals surface area contributed by atoms with Crippen molar-refractivity contribution in [3.63, 3.8) is 0 Å². The fourth-order valence-corrected chi connectivity index (χ4v) is 2.19. The molecule has 2 aromatic rings. The van der Waals surface area contributed by atoms with Crippen LogP contribution in [0.1, 0.15) is 24.2 Å². The third-order valence-corrected chi connectivity index (χ3v) is 3.65. The molecule has 2 aromatic carbocycles. The fourth-order valence-electron chi connectivity index (χ4n) is 2.19. The van der Waals surface area contributed by atoms with Gasteiger partial charge >= 0.3 is 0 Å². The Bertz CT molecular complexity index is 495. The van der Waals surface area contributed by atoms with Crippen molar-refractivity contribution in [2.24, 2.45) is 0 Å². The molecule has 2 nitrogen and oxygen atoms in total. The lowest BCUT2D eigenvalue weighted by Gasteiger charge is -2.29. The summed E-state index contributed by atoms with van der Waals surface area (Å²) in [6.45, 7) is 2.83. The van der Waals surface area contributed by atoms with Gasteiger partial charge in [0, 0.05) is 6.04 Å². The highest BCUT2D eigenvalue weighted by atomic mass is 16.5. The summed E-state index contributed by atoms with van der Waals surface area (Å²) in [6.07, 6.45) is 0.0754. The number of hydrogen-bond acceptors (Lipinski definition) is 2. The quantitative estimate of drug-likeness (QED) is 0.788. The Labute approximate surface area is 122 Å². The summed E-state index contributed by atoms with van der Waals surface area (Å²) in [5.74, 6) is 0. The monoisotopic (exact) mass is 269 g/mol. The van der Waals surface area contributed by atoms with E-state index >= 15 is 0 Å². The normalized spacial score (nSPS) is 14.2. The first kappa shape index (κ1) is 14.8. The first-order valence-electron chi connectivity index (χ1n) is 7.05. The topological polar surface area (TPSA) is 12.5 Å². The predicted octanol–water partition coefficient (Wildman–Crippen LogP) is 3.89. The second kappa shape index (κ2) is 7.22. The van der Waals surface area contributed by atoms with E-state index in [4.69, 9.17) is 4.74 Å². The second-order valence-corrected chi connectivity index (χ2v) is 5.33. The van der Waals surface area contributed by atoms with Crippen LogP contribution in [0.25, 0.3) is 0 Å². The maximum Gasteiger partial charge on any atom is 0.0981 e.